The number of carbonyl (C=O) groups is 1. The second kappa shape index (κ2) is 6.48. The summed E-state index contributed by atoms with van der Waals surface area (Å²) >= 11 is 0. The van der Waals surface area contributed by atoms with Crippen molar-refractivity contribution in [2.45, 2.75) is 37.7 Å². The van der Waals surface area contributed by atoms with Gasteiger partial charge in [-0.3, -0.25) is 4.79 Å². The molecule has 2 heterocycles. The Bertz CT molecular complexity index is 481. The molecule has 5 nitrogen and oxygen atoms in total. The van der Waals surface area contributed by atoms with Gasteiger partial charge in [0.2, 0.25) is 5.91 Å². The van der Waals surface area contributed by atoms with Gasteiger partial charge in [0.15, 0.2) is 6.10 Å². The highest BCUT2D eigenvalue weighted by atomic mass is 19.4. The van der Waals surface area contributed by atoms with Gasteiger partial charge in [0.25, 0.3) is 0 Å². The number of aromatic nitrogens is 1. The maximum atomic E-state index is 12.4. The molecule has 0 aromatic carbocycles. The summed E-state index contributed by atoms with van der Waals surface area (Å²) in [5, 5.41) is 11.9. The van der Waals surface area contributed by atoms with E-state index in [-0.39, 0.29) is 24.1 Å². The van der Waals surface area contributed by atoms with Gasteiger partial charge in [-0.15, -0.1) is 0 Å². The summed E-state index contributed by atoms with van der Waals surface area (Å²) < 4.78 is 43.6. The smallest absolute Gasteiger partial charge is 0.381 e. The van der Waals surface area contributed by atoms with Gasteiger partial charge in [-0.05, 0) is 18.9 Å². The lowest BCUT2D eigenvalue weighted by molar-refractivity contribution is -0.206. The molecule has 1 aliphatic heterocycles. The van der Waals surface area contributed by atoms with Crippen molar-refractivity contribution in [3.05, 3.63) is 24.0 Å². The van der Waals surface area contributed by atoms with E-state index in [4.69, 9.17) is 9.84 Å². The van der Waals surface area contributed by atoms with Gasteiger partial charge in [0.1, 0.15) is 6.54 Å². The number of aliphatic hydroxyl groups is 1. The average Bonchev–Trinajstić information content (AvgIpc) is 2.86. The van der Waals surface area contributed by atoms with E-state index in [2.05, 4.69) is 5.32 Å². The molecule has 1 atom stereocenters. The van der Waals surface area contributed by atoms with E-state index in [1.165, 1.54) is 10.8 Å². The van der Waals surface area contributed by atoms with Crippen LogP contribution in [0.15, 0.2) is 18.5 Å². The molecule has 21 heavy (non-hydrogen) atoms. The maximum Gasteiger partial charge on any atom is 0.418 e. The van der Waals surface area contributed by atoms with Crippen molar-refractivity contribution in [1.82, 2.24) is 9.88 Å². The molecule has 1 amide bonds. The number of ether oxygens (including phenoxy) is 1. The van der Waals surface area contributed by atoms with Crippen molar-refractivity contribution in [2.75, 3.05) is 13.2 Å². The van der Waals surface area contributed by atoms with Crippen LogP contribution in [0.3, 0.4) is 0 Å². The highest BCUT2D eigenvalue weighted by Gasteiger charge is 2.39. The third-order valence-corrected chi connectivity index (χ3v) is 3.31. The largest absolute Gasteiger partial charge is 0.418 e. The summed E-state index contributed by atoms with van der Waals surface area (Å²) in [7, 11) is 0. The molecule has 1 aromatic rings. The molecule has 2 N–H and O–H groups in total. The highest BCUT2D eigenvalue weighted by molar-refractivity contribution is 5.76. The lowest BCUT2D eigenvalue weighted by Crippen LogP contribution is -2.40. The molecule has 2 rings (SSSR count). The number of alkyl halides is 3. The first-order valence-electron chi connectivity index (χ1n) is 6.64. The molecular formula is C13H17F3N2O3. The van der Waals surface area contributed by atoms with Gasteiger partial charge in [-0.1, -0.05) is 0 Å². The van der Waals surface area contributed by atoms with Crippen molar-refractivity contribution < 1.29 is 27.8 Å². The molecule has 1 unspecified atom stereocenters. The van der Waals surface area contributed by atoms with Crippen LogP contribution in [0.4, 0.5) is 13.2 Å². The van der Waals surface area contributed by atoms with Crippen molar-refractivity contribution >= 4 is 5.91 Å². The summed E-state index contributed by atoms with van der Waals surface area (Å²) in [5.41, 5.74) is -0.277. The number of aliphatic hydroxyl groups excluding tert-OH is 1. The van der Waals surface area contributed by atoms with Crippen LogP contribution in [-0.4, -0.2) is 41.0 Å². The summed E-state index contributed by atoms with van der Waals surface area (Å²) in [4.78, 5) is 11.8. The fourth-order valence-corrected chi connectivity index (χ4v) is 2.19. The van der Waals surface area contributed by atoms with Crippen LogP contribution in [-0.2, 0) is 16.1 Å². The Morgan fingerprint density at radius 3 is 2.76 bits per heavy atom. The van der Waals surface area contributed by atoms with Crippen LogP contribution in [0, 0.1) is 0 Å². The van der Waals surface area contributed by atoms with Gasteiger partial charge < -0.3 is 19.7 Å². The third kappa shape index (κ3) is 4.47. The summed E-state index contributed by atoms with van der Waals surface area (Å²) in [6.45, 7) is 1.11. The Morgan fingerprint density at radius 1 is 1.48 bits per heavy atom. The Kier molecular flexibility index (Phi) is 4.89. The fourth-order valence-electron chi connectivity index (χ4n) is 2.19. The van der Waals surface area contributed by atoms with E-state index in [0.717, 1.165) is 25.1 Å². The molecule has 1 fully saturated rings. The molecule has 0 aliphatic carbocycles. The van der Waals surface area contributed by atoms with E-state index in [9.17, 15) is 18.0 Å². The molecule has 1 saturated heterocycles. The van der Waals surface area contributed by atoms with Gasteiger partial charge in [-0.25, -0.2) is 0 Å². The molecular weight excluding hydrogens is 289 g/mol. The Hall–Kier alpha value is -1.54. The number of hydrogen-bond acceptors (Lipinski definition) is 3. The standard InChI is InChI=1S/C13H17F3N2O3/c14-13(15,16)12(20)9-1-4-18(7-9)8-11(19)17-10-2-5-21-6-3-10/h1,4,7,10,12,20H,2-3,5-6,8H2,(H,17,19). The topological polar surface area (TPSA) is 63.5 Å². The summed E-state index contributed by atoms with van der Waals surface area (Å²) in [6.07, 6.45) is -3.31. The van der Waals surface area contributed by atoms with E-state index in [1.54, 1.807) is 0 Å². The molecule has 118 valence electrons. The first kappa shape index (κ1) is 15.8. The van der Waals surface area contributed by atoms with Crippen LogP contribution in [0.25, 0.3) is 0 Å². The fraction of sp³-hybridized carbons (Fsp3) is 0.615. The minimum Gasteiger partial charge on any atom is -0.381 e. The van der Waals surface area contributed by atoms with Crippen LogP contribution < -0.4 is 5.32 Å². The summed E-state index contributed by atoms with van der Waals surface area (Å²) in [5.74, 6) is -0.273. The first-order valence-corrected chi connectivity index (χ1v) is 6.64. The van der Waals surface area contributed by atoms with Gasteiger partial charge in [-0.2, -0.15) is 13.2 Å². The molecule has 0 bridgehead atoms. The van der Waals surface area contributed by atoms with Crippen molar-refractivity contribution in [3.63, 3.8) is 0 Å². The van der Waals surface area contributed by atoms with E-state index in [1.807, 2.05) is 0 Å². The maximum absolute atomic E-state index is 12.4. The van der Waals surface area contributed by atoms with Crippen molar-refractivity contribution in [1.29, 1.82) is 0 Å². The number of nitrogens with one attached hydrogen (secondary N) is 1. The second-order valence-electron chi connectivity index (χ2n) is 5.02. The lowest BCUT2D eigenvalue weighted by atomic mass is 10.1. The molecule has 0 radical (unpaired) electrons. The van der Waals surface area contributed by atoms with Crippen LogP contribution >= 0.6 is 0 Å². The van der Waals surface area contributed by atoms with Crippen LogP contribution in [0.2, 0.25) is 0 Å². The van der Waals surface area contributed by atoms with E-state index < -0.39 is 12.3 Å². The number of carbonyl (C=O) groups excluding carboxylic acids is 1. The minimum atomic E-state index is -4.71. The summed E-state index contributed by atoms with van der Waals surface area (Å²) in [6, 6.07) is 1.20. The third-order valence-electron chi connectivity index (χ3n) is 3.31. The molecule has 8 heteroatoms. The molecule has 1 aromatic heterocycles. The average molecular weight is 306 g/mol. The number of amides is 1. The molecule has 1 aliphatic rings. The zero-order valence-corrected chi connectivity index (χ0v) is 11.3. The minimum absolute atomic E-state index is 0.0436. The number of hydrogen-bond donors (Lipinski definition) is 2. The quantitative estimate of drug-likeness (QED) is 0.883. The number of nitrogens with zero attached hydrogens (tertiary/aromatic N) is 1. The van der Waals surface area contributed by atoms with E-state index in [0.29, 0.717) is 13.2 Å². The highest BCUT2D eigenvalue weighted by Crippen LogP contribution is 2.32. The predicted molar refractivity (Wildman–Crippen MR) is 67.4 cm³/mol. The predicted octanol–water partition coefficient (Wildman–Crippen LogP) is 1.38. The van der Waals surface area contributed by atoms with E-state index >= 15 is 0 Å². The Balaban J connectivity index is 1.88. The second-order valence-corrected chi connectivity index (χ2v) is 5.02. The van der Waals surface area contributed by atoms with Crippen molar-refractivity contribution in [2.24, 2.45) is 0 Å². The van der Waals surface area contributed by atoms with Gasteiger partial charge in [0, 0.05) is 37.2 Å². The molecule has 0 spiro atoms. The molecule has 0 saturated carbocycles. The van der Waals surface area contributed by atoms with Gasteiger partial charge in [0.05, 0.1) is 0 Å². The van der Waals surface area contributed by atoms with Crippen molar-refractivity contribution in [3.8, 4) is 0 Å². The first-order chi connectivity index (χ1) is 9.86. The van der Waals surface area contributed by atoms with Crippen LogP contribution in [0.5, 0.6) is 0 Å². The lowest BCUT2D eigenvalue weighted by Gasteiger charge is -2.23. The Morgan fingerprint density at radius 2 is 2.14 bits per heavy atom. The zero-order valence-electron chi connectivity index (χ0n) is 11.3. The normalized spacial score (nSPS) is 18.5. The van der Waals surface area contributed by atoms with Gasteiger partial charge >= 0.3 is 6.18 Å². The Labute approximate surface area is 119 Å². The van der Waals surface area contributed by atoms with Crippen LogP contribution in [0.1, 0.15) is 24.5 Å². The zero-order chi connectivity index (χ0) is 15.5. The SMILES string of the molecule is O=C(Cn1ccc(C(O)C(F)(F)F)c1)NC1CCOCC1. The number of halogens is 3. The number of rotatable bonds is 4. The monoisotopic (exact) mass is 306 g/mol.